The van der Waals surface area contributed by atoms with Gasteiger partial charge < -0.3 is 10.6 Å². The van der Waals surface area contributed by atoms with E-state index in [4.69, 9.17) is 11.6 Å². The standard InChI is InChI=1S/C13H16ClN3O3/c1-8-6-9(4-5-15-8)13(18)16-12-3-2-10(17(19)20)7-11(12)14/h2-3,7-9,15H,4-6H2,1H3,(H,16,18). The van der Waals surface area contributed by atoms with Gasteiger partial charge in [0, 0.05) is 24.1 Å². The Hall–Kier alpha value is -1.66. The number of amides is 1. The van der Waals surface area contributed by atoms with Crippen LogP contribution in [-0.2, 0) is 4.79 Å². The first kappa shape index (κ1) is 14.7. The summed E-state index contributed by atoms with van der Waals surface area (Å²) in [7, 11) is 0. The Morgan fingerprint density at radius 1 is 1.55 bits per heavy atom. The summed E-state index contributed by atoms with van der Waals surface area (Å²) in [6.45, 7) is 2.85. The Morgan fingerprint density at radius 2 is 2.30 bits per heavy atom. The second-order valence-electron chi connectivity index (χ2n) is 4.99. The number of piperidine rings is 1. The smallest absolute Gasteiger partial charge is 0.271 e. The third kappa shape index (κ3) is 3.46. The second-order valence-corrected chi connectivity index (χ2v) is 5.39. The number of rotatable bonds is 3. The fourth-order valence-electron chi connectivity index (χ4n) is 2.32. The fraction of sp³-hybridized carbons (Fsp3) is 0.462. The lowest BCUT2D eigenvalue weighted by molar-refractivity contribution is -0.384. The van der Waals surface area contributed by atoms with Gasteiger partial charge in [0.15, 0.2) is 0 Å². The molecule has 0 radical (unpaired) electrons. The molecule has 0 bridgehead atoms. The number of hydrogen-bond acceptors (Lipinski definition) is 4. The third-order valence-corrected chi connectivity index (χ3v) is 3.73. The zero-order valence-corrected chi connectivity index (χ0v) is 11.8. The van der Waals surface area contributed by atoms with Crippen molar-refractivity contribution in [2.24, 2.45) is 5.92 Å². The summed E-state index contributed by atoms with van der Waals surface area (Å²) in [5.41, 5.74) is 0.317. The van der Waals surface area contributed by atoms with Gasteiger partial charge in [0.1, 0.15) is 0 Å². The summed E-state index contributed by atoms with van der Waals surface area (Å²) in [5.74, 6) is -0.147. The van der Waals surface area contributed by atoms with Crippen LogP contribution in [0.3, 0.4) is 0 Å². The fourth-order valence-corrected chi connectivity index (χ4v) is 2.55. The number of nitrogens with one attached hydrogen (secondary N) is 2. The van der Waals surface area contributed by atoms with Gasteiger partial charge in [-0.05, 0) is 32.4 Å². The summed E-state index contributed by atoms with van der Waals surface area (Å²) in [5, 5.41) is 16.8. The summed E-state index contributed by atoms with van der Waals surface area (Å²) < 4.78 is 0. The van der Waals surface area contributed by atoms with E-state index < -0.39 is 4.92 Å². The Labute approximate surface area is 121 Å². The Kier molecular flexibility index (Phi) is 4.57. The molecule has 6 nitrogen and oxygen atoms in total. The van der Waals surface area contributed by atoms with Crippen LogP contribution in [-0.4, -0.2) is 23.4 Å². The summed E-state index contributed by atoms with van der Waals surface area (Å²) in [4.78, 5) is 22.3. The van der Waals surface area contributed by atoms with Crippen LogP contribution in [0.5, 0.6) is 0 Å². The molecule has 1 saturated heterocycles. The van der Waals surface area contributed by atoms with Crippen molar-refractivity contribution < 1.29 is 9.72 Å². The zero-order valence-electron chi connectivity index (χ0n) is 11.1. The molecule has 2 unspecified atom stereocenters. The van der Waals surface area contributed by atoms with Crippen molar-refractivity contribution >= 4 is 28.9 Å². The van der Waals surface area contributed by atoms with Crippen molar-refractivity contribution in [3.63, 3.8) is 0 Å². The maximum Gasteiger partial charge on any atom is 0.271 e. The van der Waals surface area contributed by atoms with E-state index in [0.29, 0.717) is 11.7 Å². The van der Waals surface area contributed by atoms with E-state index in [0.717, 1.165) is 19.4 Å². The molecular weight excluding hydrogens is 282 g/mol. The minimum Gasteiger partial charge on any atom is -0.325 e. The van der Waals surface area contributed by atoms with E-state index in [2.05, 4.69) is 10.6 Å². The average Bonchev–Trinajstić information content (AvgIpc) is 2.40. The van der Waals surface area contributed by atoms with Crippen molar-refractivity contribution in [2.45, 2.75) is 25.8 Å². The topological polar surface area (TPSA) is 84.3 Å². The SMILES string of the molecule is CC1CC(C(=O)Nc2ccc([N+](=O)[O-])cc2Cl)CCN1. The number of nitro groups is 1. The van der Waals surface area contributed by atoms with Crippen LogP contribution in [0.2, 0.25) is 5.02 Å². The minimum absolute atomic E-state index is 0.0579. The van der Waals surface area contributed by atoms with Crippen LogP contribution < -0.4 is 10.6 Å². The van der Waals surface area contributed by atoms with Gasteiger partial charge in [0.05, 0.1) is 15.6 Å². The number of hydrogen-bond donors (Lipinski definition) is 2. The number of carbonyl (C=O) groups is 1. The van der Waals surface area contributed by atoms with Gasteiger partial charge in [0.25, 0.3) is 5.69 Å². The number of halogens is 1. The van der Waals surface area contributed by atoms with Gasteiger partial charge in [-0.25, -0.2) is 0 Å². The molecule has 2 N–H and O–H groups in total. The van der Waals surface area contributed by atoms with E-state index in [1.807, 2.05) is 6.92 Å². The van der Waals surface area contributed by atoms with Crippen molar-refractivity contribution in [2.75, 3.05) is 11.9 Å². The van der Waals surface area contributed by atoms with E-state index in [9.17, 15) is 14.9 Å². The van der Waals surface area contributed by atoms with Gasteiger partial charge in [-0.15, -0.1) is 0 Å². The molecule has 2 rings (SSSR count). The first-order chi connectivity index (χ1) is 9.47. The van der Waals surface area contributed by atoms with Gasteiger partial charge >= 0.3 is 0 Å². The summed E-state index contributed by atoms with van der Waals surface area (Å²) in [6.07, 6.45) is 1.55. The highest BCUT2D eigenvalue weighted by molar-refractivity contribution is 6.34. The number of nitrogens with zero attached hydrogens (tertiary/aromatic N) is 1. The molecule has 1 aliphatic heterocycles. The van der Waals surface area contributed by atoms with Crippen molar-refractivity contribution in [1.29, 1.82) is 0 Å². The maximum absolute atomic E-state index is 12.2. The molecule has 0 spiro atoms. The lowest BCUT2D eigenvalue weighted by atomic mass is 9.92. The van der Waals surface area contributed by atoms with Crippen LogP contribution in [0, 0.1) is 16.0 Å². The molecule has 1 aromatic rings. The monoisotopic (exact) mass is 297 g/mol. The molecular formula is C13H16ClN3O3. The number of benzene rings is 1. The zero-order chi connectivity index (χ0) is 14.7. The molecule has 1 heterocycles. The first-order valence-corrected chi connectivity index (χ1v) is 6.83. The van der Waals surface area contributed by atoms with E-state index >= 15 is 0 Å². The number of anilines is 1. The lowest BCUT2D eigenvalue weighted by Gasteiger charge is -2.27. The molecule has 1 aliphatic rings. The molecule has 1 aromatic carbocycles. The van der Waals surface area contributed by atoms with Crippen LogP contribution >= 0.6 is 11.6 Å². The van der Waals surface area contributed by atoms with E-state index in [1.54, 1.807) is 0 Å². The number of carbonyl (C=O) groups excluding carboxylic acids is 1. The summed E-state index contributed by atoms with van der Waals surface area (Å²) >= 11 is 5.95. The first-order valence-electron chi connectivity index (χ1n) is 6.45. The molecule has 0 aromatic heterocycles. The maximum atomic E-state index is 12.2. The Morgan fingerprint density at radius 3 is 2.90 bits per heavy atom. The van der Waals surface area contributed by atoms with Gasteiger partial charge in [0.2, 0.25) is 5.91 Å². The van der Waals surface area contributed by atoms with Crippen molar-refractivity contribution in [3.8, 4) is 0 Å². The van der Waals surface area contributed by atoms with Crippen LogP contribution in [0.1, 0.15) is 19.8 Å². The molecule has 1 fully saturated rings. The predicted molar refractivity (Wildman–Crippen MR) is 76.9 cm³/mol. The predicted octanol–water partition coefficient (Wildman–Crippen LogP) is 2.57. The average molecular weight is 298 g/mol. The second kappa shape index (κ2) is 6.19. The summed E-state index contributed by atoms with van der Waals surface area (Å²) in [6, 6.07) is 4.34. The highest BCUT2D eigenvalue weighted by Crippen LogP contribution is 2.28. The quantitative estimate of drug-likeness (QED) is 0.663. The lowest BCUT2D eigenvalue weighted by Crippen LogP contribution is -2.40. The highest BCUT2D eigenvalue weighted by Gasteiger charge is 2.25. The van der Waals surface area contributed by atoms with Crippen LogP contribution in [0.15, 0.2) is 18.2 Å². The van der Waals surface area contributed by atoms with Gasteiger partial charge in [-0.3, -0.25) is 14.9 Å². The Balaban J connectivity index is 2.06. The molecule has 0 aliphatic carbocycles. The Bertz CT molecular complexity index is 536. The molecule has 20 heavy (non-hydrogen) atoms. The largest absolute Gasteiger partial charge is 0.325 e. The van der Waals surface area contributed by atoms with Crippen molar-refractivity contribution in [1.82, 2.24) is 5.32 Å². The number of non-ortho nitro benzene ring substituents is 1. The van der Waals surface area contributed by atoms with E-state index in [-0.39, 0.29) is 22.5 Å². The van der Waals surface area contributed by atoms with Gasteiger partial charge in [-0.1, -0.05) is 11.6 Å². The number of nitro benzene ring substituents is 1. The normalized spacial score (nSPS) is 22.3. The van der Waals surface area contributed by atoms with Crippen molar-refractivity contribution in [3.05, 3.63) is 33.3 Å². The van der Waals surface area contributed by atoms with E-state index in [1.165, 1.54) is 18.2 Å². The third-order valence-electron chi connectivity index (χ3n) is 3.42. The molecule has 108 valence electrons. The van der Waals surface area contributed by atoms with Gasteiger partial charge in [-0.2, -0.15) is 0 Å². The molecule has 7 heteroatoms. The van der Waals surface area contributed by atoms with Crippen LogP contribution in [0.4, 0.5) is 11.4 Å². The molecule has 0 saturated carbocycles. The minimum atomic E-state index is -0.522. The molecule has 2 atom stereocenters. The van der Waals surface area contributed by atoms with Crippen LogP contribution in [0.25, 0.3) is 0 Å². The highest BCUT2D eigenvalue weighted by atomic mass is 35.5. The molecule has 1 amide bonds.